The van der Waals surface area contributed by atoms with Gasteiger partial charge in [0.2, 0.25) is 0 Å². The van der Waals surface area contributed by atoms with E-state index in [9.17, 15) is 14.7 Å². The summed E-state index contributed by atoms with van der Waals surface area (Å²) in [4.78, 5) is 27.6. The van der Waals surface area contributed by atoms with Gasteiger partial charge >= 0.3 is 6.09 Å². The maximum absolute atomic E-state index is 14.4. The maximum atomic E-state index is 14.4. The van der Waals surface area contributed by atoms with E-state index in [-0.39, 0.29) is 123 Å². The van der Waals surface area contributed by atoms with Crippen LogP contribution < -0.4 is 5.32 Å². The fourth-order valence-corrected chi connectivity index (χ4v) is 14.1. The SMILES string of the molecule is C=C1C[C@H]2CC[C@]34C[C@H]5O[C@@H]6[C@@H](O[C@H]7CC[C@H](CC(=O)C[C@@H]8[C@@H](OC)[C@@H](C[C@H](O)CNC(=O)OCC9c%10ccccc%10-c%10ccccc%109)O[C@H]8C[C@H]8O[C@@H](CC[C@@H]1O2)C[C@@H](C)C8=C)O[C@@H]7[C@H]6O3)[C@H]5O4. The second-order valence-corrected chi connectivity index (χ2v) is 21.9. The van der Waals surface area contributed by atoms with Gasteiger partial charge in [0.25, 0.3) is 0 Å². The van der Waals surface area contributed by atoms with Crippen LogP contribution in [0.4, 0.5) is 4.79 Å². The number of hydrogen-bond donors (Lipinski definition) is 2. The number of rotatable bonds is 7. The first-order chi connectivity index (χ1) is 33.5. The molecular formula is C55H69NO13. The van der Waals surface area contributed by atoms with Gasteiger partial charge in [0, 0.05) is 64.0 Å². The predicted molar refractivity (Wildman–Crippen MR) is 250 cm³/mol. The number of methoxy groups -OCH3 is 1. The molecule has 13 rings (SSSR count). The summed E-state index contributed by atoms with van der Waals surface area (Å²) >= 11 is 0. The van der Waals surface area contributed by atoms with Crippen LogP contribution in [0.1, 0.15) is 107 Å². The molecule has 10 aliphatic heterocycles. The molecule has 14 nitrogen and oxygen atoms in total. The zero-order chi connectivity index (χ0) is 47.1. The fraction of sp³-hybridized carbons (Fsp3) is 0.673. The van der Waals surface area contributed by atoms with E-state index in [1.165, 1.54) is 0 Å². The Hall–Kier alpha value is -3.54. The first-order valence-electron chi connectivity index (χ1n) is 26.0. The van der Waals surface area contributed by atoms with E-state index < -0.39 is 42.4 Å². The molecule has 12 bridgehead atoms. The van der Waals surface area contributed by atoms with Gasteiger partial charge in [-0.15, -0.1) is 0 Å². The van der Waals surface area contributed by atoms with Crippen molar-refractivity contribution in [2.45, 2.75) is 200 Å². The van der Waals surface area contributed by atoms with Crippen LogP contribution >= 0.6 is 0 Å². The largest absolute Gasteiger partial charge is 0.449 e. The van der Waals surface area contributed by atoms with Crippen LogP contribution in [-0.2, 0) is 52.2 Å². The van der Waals surface area contributed by atoms with Crippen molar-refractivity contribution in [1.82, 2.24) is 5.32 Å². The third kappa shape index (κ3) is 8.76. The Bertz CT molecular complexity index is 2240. The zero-order valence-electron chi connectivity index (χ0n) is 40.0. The summed E-state index contributed by atoms with van der Waals surface area (Å²) in [6, 6.07) is 16.4. The number of carbonyl (C=O) groups excluding carboxylic acids is 2. The summed E-state index contributed by atoms with van der Waals surface area (Å²) in [6.07, 6.45) is 2.42. The second-order valence-electron chi connectivity index (χ2n) is 21.9. The summed E-state index contributed by atoms with van der Waals surface area (Å²) in [5.41, 5.74) is 6.69. The van der Waals surface area contributed by atoms with Crippen molar-refractivity contribution >= 4 is 11.9 Å². The molecule has 69 heavy (non-hydrogen) atoms. The van der Waals surface area contributed by atoms with Gasteiger partial charge in [-0.2, -0.15) is 0 Å². The molecule has 0 saturated carbocycles. The van der Waals surface area contributed by atoms with Gasteiger partial charge in [-0.3, -0.25) is 4.79 Å². The quantitative estimate of drug-likeness (QED) is 0.273. The minimum Gasteiger partial charge on any atom is -0.449 e. The lowest BCUT2D eigenvalue weighted by Gasteiger charge is -2.47. The second kappa shape index (κ2) is 18.8. The van der Waals surface area contributed by atoms with E-state index in [2.05, 4.69) is 49.7 Å². The van der Waals surface area contributed by atoms with Crippen molar-refractivity contribution < 1.29 is 62.1 Å². The van der Waals surface area contributed by atoms with E-state index in [0.717, 1.165) is 71.9 Å². The normalized spacial score (nSPS) is 42.9. The number of alkyl carbamates (subject to hydrolysis) is 1. The highest BCUT2D eigenvalue weighted by molar-refractivity contribution is 5.80. The zero-order valence-corrected chi connectivity index (χ0v) is 40.0. The number of ether oxygens (including phenoxy) is 10. The Morgan fingerprint density at radius 2 is 1.48 bits per heavy atom. The number of carbonyl (C=O) groups is 2. The van der Waals surface area contributed by atoms with Crippen LogP contribution in [0.3, 0.4) is 0 Å². The molecule has 11 aliphatic rings. The van der Waals surface area contributed by atoms with Crippen LogP contribution in [0.5, 0.6) is 0 Å². The number of fused-ring (bicyclic) bond motifs is 9. The highest BCUT2D eigenvalue weighted by Gasteiger charge is 2.69. The standard InChI is InChI=1S/C55H69NO13/c1-28-19-33-13-15-42-29(2)20-35(62-42)17-18-55-25-47-50(68-55)51-52(67-47)53(69-55)49-43(66-51)16-14-34(64-49)21-31(57)22-40-45(24-44(63-33)30(28)3)65-46(48(40)60-4)23-32(58)26-56-54(59)61-27-41-38-11-7-5-9-36(38)37-10-6-8-12-39(37)41/h5-12,28,32-35,40-53,58H,2-3,13-27H2,1,4H3,(H,56,59)/t28-,32+,33+,34-,35-,40+,42+,43+,44-,45+,46-,47-,48-,49+,50+,51+,52-,53-,55-/m1/s1. The smallest absolute Gasteiger partial charge is 0.407 e. The lowest BCUT2D eigenvalue weighted by molar-refractivity contribution is -0.292. The average molecular weight is 952 g/mol. The van der Waals surface area contributed by atoms with Crippen molar-refractivity contribution in [2.24, 2.45) is 11.8 Å². The van der Waals surface area contributed by atoms with Crippen molar-refractivity contribution in [1.29, 1.82) is 0 Å². The number of aliphatic hydroxyl groups is 1. The molecule has 10 heterocycles. The minimum atomic E-state index is -0.974. The molecular weight excluding hydrogens is 883 g/mol. The molecule has 2 aromatic rings. The van der Waals surface area contributed by atoms with E-state index in [0.29, 0.717) is 25.7 Å². The molecule has 0 radical (unpaired) electrons. The van der Waals surface area contributed by atoms with E-state index in [1.54, 1.807) is 7.11 Å². The molecule has 2 aromatic carbocycles. The minimum absolute atomic E-state index is 0.0134. The van der Waals surface area contributed by atoms with Gasteiger partial charge < -0.3 is 57.8 Å². The first-order valence-corrected chi connectivity index (χ1v) is 26.0. The fourth-order valence-electron chi connectivity index (χ4n) is 14.1. The van der Waals surface area contributed by atoms with E-state index >= 15 is 0 Å². The lowest BCUT2D eigenvalue weighted by Crippen LogP contribution is -2.61. The van der Waals surface area contributed by atoms with E-state index in [4.69, 9.17) is 47.4 Å². The molecule has 0 unspecified atom stereocenters. The summed E-state index contributed by atoms with van der Waals surface area (Å²) in [5, 5.41) is 14.3. The highest BCUT2D eigenvalue weighted by atomic mass is 16.8. The van der Waals surface area contributed by atoms with Gasteiger partial charge in [-0.1, -0.05) is 68.6 Å². The predicted octanol–water partition coefficient (Wildman–Crippen LogP) is 7.02. The Kier molecular flexibility index (Phi) is 12.7. The maximum Gasteiger partial charge on any atom is 0.407 e. The average Bonchev–Trinajstić information content (AvgIpc) is 4.10. The molecule has 372 valence electrons. The summed E-state index contributed by atoms with van der Waals surface area (Å²) in [6.45, 7) is 11.3. The molecule has 0 aromatic heterocycles. The molecule has 10 fully saturated rings. The molecule has 1 aliphatic carbocycles. The molecule has 14 heteroatoms. The van der Waals surface area contributed by atoms with Crippen molar-refractivity contribution in [2.75, 3.05) is 20.3 Å². The number of aliphatic hydroxyl groups excluding tert-OH is 1. The van der Waals surface area contributed by atoms with Crippen molar-refractivity contribution in [3.63, 3.8) is 0 Å². The van der Waals surface area contributed by atoms with Gasteiger partial charge in [0.1, 0.15) is 42.9 Å². The van der Waals surface area contributed by atoms with Gasteiger partial charge in [-0.05, 0) is 84.3 Å². The molecule has 2 N–H and O–H groups in total. The van der Waals surface area contributed by atoms with E-state index in [1.807, 2.05) is 24.3 Å². The topological polar surface area (TPSA) is 159 Å². The summed E-state index contributed by atoms with van der Waals surface area (Å²) in [7, 11) is 1.64. The van der Waals surface area contributed by atoms with Crippen LogP contribution in [0.25, 0.3) is 11.1 Å². The number of nitrogens with one attached hydrogen (secondary N) is 1. The summed E-state index contributed by atoms with van der Waals surface area (Å²) < 4.78 is 66.6. The number of hydrogen-bond acceptors (Lipinski definition) is 13. The molecule has 1 amide bonds. The Labute approximate surface area is 405 Å². The Balaban J connectivity index is 0.746. The van der Waals surface area contributed by atoms with Gasteiger partial charge in [-0.25, -0.2) is 4.79 Å². The van der Waals surface area contributed by atoms with Gasteiger partial charge in [0.05, 0.1) is 67.1 Å². The van der Waals surface area contributed by atoms with Crippen molar-refractivity contribution in [3.8, 4) is 11.1 Å². The Morgan fingerprint density at radius 1 is 0.768 bits per heavy atom. The monoisotopic (exact) mass is 951 g/mol. The summed E-state index contributed by atoms with van der Waals surface area (Å²) in [5.74, 6) is -0.951. The molecule has 10 saturated heterocycles. The van der Waals surface area contributed by atoms with Crippen LogP contribution in [0.2, 0.25) is 0 Å². The third-order valence-corrected chi connectivity index (χ3v) is 17.5. The number of amides is 1. The van der Waals surface area contributed by atoms with Crippen LogP contribution in [0, 0.1) is 11.8 Å². The lowest BCUT2D eigenvalue weighted by atomic mass is 9.81. The number of ketones is 1. The molecule has 1 spiro atoms. The van der Waals surface area contributed by atoms with Crippen LogP contribution in [0.15, 0.2) is 72.8 Å². The van der Waals surface area contributed by atoms with Crippen LogP contribution in [-0.4, -0.2) is 141 Å². The molecule has 19 atom stereocenters. The first kappa shape index (κ1) is 46.5. The number of Topliss-reactive ketones (excluding diaryl/α,β-unsaturated/α-hetero) is 1. The number of benzene rings is 2. The third-order valence-electron chi connectivity index (χ3n) is 17.5. The van der Waals surface area contributed by atoms with Gasteiger partial charge in [0.15, 0.2) is 5.79 Å². The van der Waals surface area contributed by atoms with Crippen molar-refractivity contribution in [3.05, 3.63) is 84.0 Å². The highest BCUT2D eigenvalue weighted by Crippen LogP contribution is 2.55. The Morgan fingerprint density at radius 3 is 2.28 bits per heavy atom.